The van der Waals surface area contributed by atoms with Gasteiger partial charge in [-0.1, -0.05) is 59.6 Å². The van der Waals surface area contributed by atoms with Gasteiger partial charge < -0.3 is 10.1 Å². The highest BCUT2D eigenvalue weighted by molar-refractivity contribution is 6.32. The number of hydrogen-bond donors (Lipinski definition) is 1. The van der Waals surface area contributed by atoms with E-state index in [1.54, 1.807) is 20.2 Å². The molecule has 2 aliphatic heterocycles. The molecule has 0 aliphatic carbocycles. The van der Waals surface area contributed by atoms with Crippen molar-refractivity contribution in [3.05, 3.63) is 93.7 Å². The number of piperidine rings is 1. The zero-order chi connectivity index (χ0) is 25.3. The quantitative estimate of drug-likeness (QED) is 0.401. The average molecular weight is 524 g/mol. The molecular weight excluding hydrogens is 493 g/mol. The molecule has 188 valence electrons. The smallest absolute Gasteiger partial charge is 0.216 e. The van der Waals surface area contributed by atoms with Gasteiger partial charge in [0.1, 0.15) is 5.75 Å². The standard InChI is InChI=1S/C29H31Cl2N3O2/c1-19(35)33-18-29(27-14-13-22(36-2)17-32-27)15-20-11-12-21(16-29)34(20)28(23-7-3-5-9-25(23)30)24-8-4-6-10-26(24)31/h3-10,13-14,17,20-21,28H,11-12,15-16,18H2,1-2H3,(H,33,35)/t20-,21+,29?. The van der Waals surface area contributed by atoms with Crippen molar-refractivity contribution in [1.82, 2.24) is 15.2 Å². The van der Waals surface area contributed by atoms with E-state index < -0.39 is 0 Å². The van der Waals surface area contributed by atoms with Crippen molar-refractivity contribution in [2.45, 2.75) is 56.1 Å². The summed E-state index contributed by atoms with van der Waals surface area (Å²) in [6.45, 7) is 2.13. The highest BCUT2D eigenvalue weighted by Crippen LogP contribution is 2.52. The second kappa shape index (κ2) is 10.4. The Kier molecular flexibility index (Phi) is 7.25. The number of amides is 1. The first-order valence-corrected chi connectivity index (χ1v) is 13.2. The maximum Gasteiger partial charge on any atom is 0.216 e. The van der Waals surface area contributed by atoms with Gasteiger partial charge in [0, 0.05) is 46.7 Å². The van der Waals surface area contributed by atoms with E-state index in [-0.39, 0.29) is 17.4 Å². The summed E-state index contributed by atoms with van der Waals surface area (Å²) in [5.74, 6) is 0.703. The van der Waals surface area contributed by atoms with E-state index in [4.69, 9.17) is 32.9 Å². The molecule has 1 unspecified atom stereocenters. The Bertz CT molecular complexity index is 1170. The maximum absolute atomic E-state index is 12.0. The number of pyridine rings is 1. The Morgan fingerprint density at radius 1 is 1.03 bits per heavy atom. The lowest BCUT2D eigenvalue weighted by Crippen LogP contribution is -2.55. The Balaban J connectivity index is 1.56. The molecule has 2 bridgehead atoms. The minimum absolute atomic E-state index is 0.0253. The van der Waals surface area contributed by atoms with Gasteiger partial charge in [0.15, 0.2) is 0 Å². The van der Waals surface area contributed by atoms with Crippen molar-refractivity contribution in [1.29, 1.82) is 0 Å². The molecule has 0 saturated carbocycles. The molecule has 2 fully saturated rings. The average Bonchev–Trinajstić information content (AvgIpc) is 3.14. The van der Waals surface area contributed by atoms with E-state index in [2.05, 4.69) is 28.4 Å². The van der Waals surface area contributed by atoms with Gasteiger partial charge in [-0.15, -0.1) is 0 Å². The number of nitrogens with one attached hydrogen (secondary N) is 1. The molecule has 3 atom stereocenters. The van der Waals surface area contributed by atoms with Crippen LogP contribution in [0, 0.1) is 0 Å². The van der Waals surface area contributed by atoms with E-state index in [1.165, 1.54) is 0 Å². The molecule has 36 heavy (non-hydrogen) atoms. The van der Waals surface area contributed by atoms with Crippen molar-refractivity contribution in [2.24, 2.45) is 0 Å². The van der Waals surface area contributed by atoms with Crippen LogP contribution < -0.4 is 10.1 Å². The molecule has 5 rings (SSSR count). The number of carbonyl (C=O) groups is 1. The number of halogens is 2. The predicted molar refractivity (Wildman–Crippen MR) is 144 cm³/mol. The molecule has 1 aromatic heterocycles. The Morgan fingerprint density at radius 2 is 1.61 bits per heavy atom. The van der Waals surface area contributed by atoms with Crippen LogP contribution in [0.2, 0.25) is 10.0 Å². The number of nitrogens with zero attached hydrogens (tertiary/aromatic N) is 2. The van der Waals surface area contributed by atoms with Crippen molar-refractivity contribution in [2.75, 3.05) is 13.7 Å². The number of rotatable bonds is 7. The van der Waals surface area contributed by atoms with Gasteiger partial charge in [-0.3, -0.25) is 14.7 Å². The third kappa shape index (κ3) is 4.72. The number of fused-ring (bicyclic) bond motifs is 2. The van der Waals surface area contributed by atoms with Crippen molar-refractivity contribution < 1.29 is 9.53 Å². The van der Waals surface area contributed by atoms with Crippen molar-refractivity contribution in [3.63, 3.8) is 0 Å². The first-order valence-electron chi connectivity index (χ1n) is 12.4. The van der Waals surface area contributed by atoms with Crippen LogP contribution in [-0.2, 0) is 10.2 Å². The third-order valence-corrected chi connectivity index (χ3v) is 8.51. The van der Waals surface area contributed by atoms with Gasteiger partial charge in [-0.2, -0.15) is 0 Å². The van der Waals surface area contributed by atoms with Gasteiger partial charge >= 0.3 is 0 Å². The molecule has 1 amide bonds. The van der Waals surface area contributed by atoms with Crippen molar-refractivity contribution >= 4 is 29.1 Å². The fourth-order valence-corrected chi connectivity index (χ4v) is 6.72. The number of methoxy groups -OCH3 is 1. The molecule has 7 heteroatoms. The van der Waals surface area contributed by atoms with Crippen LogP contribution in [0.3, 0.4) is 0 Å². The van der Waals surface area contributed by atoms with Gasteiger partial charge in [0.2, 0.25) is 5.91 Å². The summed E-state index contributed by atoms with van der Waals surface area (Å²) < 4.78 is 5.35. The van der Waals surface area contributed by atoms with Gasteiger partial charge in [0.05, 0.1) is 19.3 Å². The Labute approximate surface area is 222 Å². The number of benzene rings is 2. The summed E-state index contributed by atoms with van der Waals surface area (Å²) in [4.78, 5) is 19.4. The number of ether oxygens (including phenoxy) is 1. The van der Waals surface area contributed by atoms with Gasteiger partial charge in [-0.25, -0.2) is 0 Å². The fourth-order valence-electron chi connectivity index (χ4n) is 6.24. The first-order chi connectivity index (χ1) is 17.4. The van der Waals surface area contributed by atoms with Crippen LogP contribution >= 0.6 is 23.2 Å². The normalized spacial score (nSPS) is 23.6. The summed E-state index contributed by atoms with van der Waals surface area (Å²) >= 11 is 13.6. The molecule has 5 nitrogen and oxygen atoms in total. The zero-order valence-corrected chi connectivity index (χ0v) is 22.1. The number of hydrogen-bond acceptors (Lipinski definition) is 4. The Morgan fingerprint density at radius 3 is 2.08 bits per heavy atom. The van der Waals surface area contributed by atoms with E-state index in [0.29, 0.717) is 18.6 Å². The molecule has 3 heterocycles. The molecule has 2 aliphatic rings. The van der Waals surface area contributed by atoms with Crippen LogP contribution in [0.4, 0.5) is 0 Å². The minimum Gasteiger partial charge on any atom is -0.495 e. The molecule has 2 saturated heterocycles. The van der Waals surface area contributed by atoms with Crippen molar-refractivity contribution in [3.8, 4) is 5.75 Å². The SMILES string of the molecule is COc1ccc(C2(CNC(C)=O)C[C@H]3CC[C@@H](C2)N3C(c2ccccc2Cl)c2ccccc2Cl)nc1. The summed E-state index contributed by atoms with van der Waals surface area (Å²) in [5.41, 5.74) is 2.88. The third-order valence-electron chi connectivity index (χ3n) is 7.82. The number of carbonyl (C=O) groups excluding carboxylic acids is 1. The van der Waals surface area contributed by atoms with Crippen LogP contribution in [0.25, 0.3) is 0 Å². The van der Waals surface area contributed by atoms with Crippen LogP contribution in [0.15, 0.2) is 66.9 Å². The fraction of sp³-hybridized carbons (Fsp3) is 0.379. The van der Waals surface area contributed by atoms with Gasteiger partial charge in [0.25, 0.3) is 0 Å². The molecule has 3 aromatic rings. The highest BCUT2D eigenvalue weighted by Gasteiger charge is 2.52. The van der Waals surface area contributed by atoms with Crippen LogP contribution in [0.5, 0.6) is 5.75 Å². The monoisotopic (exact) mass is 523 g/mol. The lowest BCUT2D eigenvalue weighted by molar-refractivity contribution is -0.119. The summed E-state index contributed by atoms with van der Waals surface area (Å²) in [7, 11) is 1.64. The van der Waals surface area contributed by atoms with E-state index >= 15 is 0 Å². The topological polar surface area (TPSA) is 54.5 Å². The summed E-state index contributed by atoms with van der Waals surface area (Å²) in [6.07, 6.45) is 5.69. The maximum atomic E-state index is 12.0. The molecule has 0 radical (unpaired) electrons. The summed E-state index contributed by atoms with van der Waals surface area (Å²) in [5, 5.41) is 4.60. The molecular formula is C29H31Cl2N3O2. The summed E-state index contributed by atoms with van der Waals surface area (Å²) in [6, 6.07) is 20.7. The molecule has 2 aromatic carbocycles. The first kappa shape index (κ1) is 25.1. The lowest BCUT2D eigenvalue weighted by Gasteiger charge is -2.49. The molecule has 1 N–H and O–H groups in total. The Hall–Kier alpha value is -2.60. The zero-order valence-electron chi connectivity index (χ0n) is 20.6. The highest BCUT2D eigenvalue weighted by atomic mass is 35.5. The van der Waals surface area contributed by atoms with E-state index in [1.807, 2.05) is 42.5 Å². The van der Waals surface area contributed by atoms with Gasteiger partial charge in [-0.05, 0) is 61.1 Å². The van der Waals surface area contributed by atoms with Crippen LogP contribution in [0.1, 0.15) is 55.5 Å². The van der Waals surface area contributed by atoms with Crippen LogP contribution in [-0.4, -0.2) is 41.5 Å². The second-order valence-electron chi connectivity index (χ2n) is 9.96. The molecule has 0 spiro atoms. The minimum atomic E-state index is -0.258. The van der Waals surface area contributed by atoms with E-state index in [9.17, 15) is 4.79 Å². The number of aromatic nitrogens is 1. The predicted octanol–water partition coefficient (Wildman–Crippen LogP) is 6.19. The second-order valence-corrected chi connectivity index (χ2v) is 10.8. The lowest BCUT2D eigenvalue weighted by atomic mass is 9.71. The van der Waals surface area contributed by atoms with E-state index in [0.717, 1.165) is 58.3 Å². The largest absolute Gasteiger partial charge is 0.495 e.